The third-order valence-corrected chi connectivity index (χ3v) is 7.93. The highest BCUT2D eigenvalue weighted by molar-refractivity contribution is 7.91. The quantitative estimate of drug-likeness (QED) is 0.717. The van der Waals surface area contributed by atoms with Gasteiger partial charge < -0.3 is 15.0 Å². The van der Waals surface area contributed by atoms with Crippen LogP contribution in [-0.2, 0) is 26.2 Å². The number of nitrogens with zero attached hydrogens (tertiary/aromatic N) is 2. The molecule has 29 heavy (non-hydrogen) atoms. The number of hydrogen-bond donors (Lipinski definition) is 1. The lowest BCUT2D eigenvalue weighted by Gasteiger charge is -2.33. The zero-order valence-corrected chi connectivity index (χ0v) is 17.8. The van der Waals surface area contributed by atoms with Crippen LogP contribution in [0, 0.1) is 0 Å². The van der Waals surface area contributed by atoms with Gasteiger partial charge in [-0.1, -0.05) is 41.9 Å². The van der Waals surface area contributed by atoms with Crippen LogP contribution in [-0.4, -0.2) is 62.3 Å². The zero-order valence-electron chi connectivity index (χ0n) is 15.4. The molecule has 3 rings (SSSR count). The van der Waals surface area contributed by atoms with Gasteiger partial charge in [-0.2, -0.15) is 4.31 Å². The van der Waals surface area contributed by atoms with Gasteiger partial charge in [-0.05, 0) is 17.7 Å². The molecule has 1 N–H and O–H groups in total. The summed E-state index contributed by atoms with van der Waals surface area (Å²) in [7, 11) is -3.61. The second-order valence-electron chi connectivity index (χ2n) is 6.26. The molecule has 156 valence electrons. The largest absolute Gasteiger partial charge is 0.445 e. The maximum Gasteiger partial charge on any atom is 0.407 e. The minimum Gasteiger partial charge on any atom is -0.445 e. The summed E-state index contributed by atoms with van der Waals surface area (Å²) in [6.45, 7) is 0.769. The number of hydrogen-bond acceptors (Lipinski definition) is 6. The van der Waals surface area contributed by atoms with E-state index in [-0.39, 0.29) is 49.4 Å². The van der Waals surface area contributed by atoms with E-state index in [0.29, 0.717) is 4.34 Å². The molecule has 2 amide bonds. The number of alkyl carbamates (subject to hydrolysis) is 1. The summed E-state index contributed by atoms with van der Waals surface area (Å²) in [5.74, 6) is -0.294. The van der Waals surface area contributed by atoms with Crippen molar-refractivity contribution in [2.45, 2.75) is 10.8 Å². The van der Waals surface area contributed by atoms with E-state index in [9.17, 15) is 18.0 Å². The summed E-state index contributed by atoms with van der Waals surface area (Å²) in [6.07, 6.45) is -0.682. The zero-order chi connectivity index (χ0) is 20.9. The number of rotatable bonds is 6. The summed E-state index contributed by atoms with van der Waals surface area (Å²) >= 11 is 6.83. The Hall–Kier alpha value is -2.14. The van der Waals surface area contributed by atoms with Crippen molar-refractivity contribution in [2.75, 3.05) is 32.7 Å². The number of carbonyl (C=O) groups excluding carboxylic acids is 2. The van der Waals surface area contributed by atoms with Crippen molar-refractivity contribution >= 4 is 45.0 Å². The Morgan fingerprint density at radius 3 is 2.38 bits per heavy atom. The van der Waals surface area contributed by atoms with Gasteiger partial charge in [0.15, 0.2) is 0 Å². The molecule has 1 aromatic carbocycles. The first-order valence-corrected chi connectivity index (χ1v) is 11.5. The fraction of sp³-hybridized carbons (Fsp3) is 0.333. The molecule has 0 radical (unpaired) electrons. The molecule has 11 heteroatoms. The lowest BCUT2D eigenvalue weighted by molar-refractivity contribution is -0.131. The fourth-order valence-electron chi connectivity index (χ4n) is 2.78. The molecule has 1 aliphatic heterocycles. The Morgan fingerprint density at radius 2 is 1.76 bits per heavy atom. The summed E-state index contributed by atoms with van der Waals surface area (Å²) in [5.41, 5.74) is 0.846. The van der Waals surface area contributed by atoms with Gasteiger partial charge >= 0.3 is 6.09 Å². The van der Waals surface area contributed by atoms with Crippen LogP contribution in [0.4, 0.5) is 4.79 Å². The highest BCUT2D eigenvalue weighted by Crippen LogP contribution is 2.28. The molecule has 1 fully saturated rings. The molecule has 0 bridgehead atoms. The first-order valence-electron chi connectivity index (χ1n) is 8.84. The molecule has 1 aliphatic rings. The van der Waals surface area contributed by atoms with Crippen molar-refractivity contribution in [1.29, 1.82) is 0 Å². The topological polar surface area (TPSA) is 96.0 Å². The molecule has 2 heterocycles. The highest BCUT2D eigenvalue weighted by Gasteiger charge is 2.31. The molecule has 0 spiro atoms. The van der Waals surface area contributed by atoms with E-state index in [1.807, 2.05) is 30.3 Å². The monoisotopic (exact) mass is 457 g/mol. The molecule has 0 atom stereocenters. The van der Waals surface area contributed by atoms with Crippen molar-refractivity contribution in [3.63, 3.8) is 0 Å². The standard InChI is InChI=1S/C18H20ClN3O5S2/c19-15-6-7-17(28-15)29(25,26)22-10-8-21(9-11-22)16(23)12-20-18(24)27-13-14-4-2-1-3-5-14/h1-7H,8-13H2,(H,20,24). The molecule has 1 saturated heterocycles. The number of carbonyl (C=O) groups is 2. The van der Waals surface area contributed by atoms with Gasteiger partial charge in [0, 0.05) is 26.2 Å². The van der Waals surface area contributed by atoms with E-state index in [1.54, 1.807) is 6.07 Å². The van der Waals surface area contributed by atoms with Gasteiger partial charge in [-0.3, -0.25) is 4.79 Å². The Labute approximate surface area is 178 Å². The SMILES string of the molecule is O=C(NCC(=O)N1CCN(S(=O)(=O)c2ccc(Cl)s2)CC1)OCc1ccccc1. The molecule has 0 saturated carbocycles. The van der Waals surface area contributed by atoms with Crippen molar-refractivity contribution in [3.05, 3.63) is 52.4 Å². The van der Waals surface area contributed by atoms with Gasteiger partial charge in [0.05, 0.1) is 4.34 Å². The lowest BCUT2D eigenvalue weighted by Crippen LogP contribution is -2.52. The Balaban J connectivity index is 1.42. The Bertz CT molecular complexity index is 957. The van der Waals surface area contributed by atoms with Crippen molar-refractivity contribution < 1.29 is 22.7 Å². The van der Waals surface area contributed by atoms with Crippen LogP contribution in [0.2, 0.25) is 4.34 Å². The number of sulfonamides is 1. The summed E-state index contributed by atoms with van der Waals surface area (Å²) in [4.78, 5) is 25.5. The summed E-state index contributed by atoms with van der Waals surface area (Å²) in [6, 6.07) is 12.2. The third kappa shape index (κ3) is 5.69. The number of piperazine rings is 1. The van der Waals surface area contributed by atoms with Crippen LogP contribution in [0.25, 0.3) is 0 Å². The van der Waals surface area contributed by atoms with Crippen molar-refractivity contribution in [1.82, 2.24) is 14.5 Å². The predicted molar refractivity (Wildman–Crippen MR) is 109 cm³/mol. The molecule has 8 nitrogen and oxygen atoms in total. The van der Waals surface area contributed by atoms with E-state index in [1.165, 1.54) is 15.3 Å². The third-order valence-electron chi connectivity index (χ3n) is 4.33. The Kier molecular flexibility index (Phi) is 7.12. The average molecular weight is 458 g/mol. The number of benzene rings is 1. The van der Waals surface area contributed by atoms with E-state index >= 15 is 0 Å². The molecular weight excluding hydrogens is 438 g/mol. The molecule has 0 aliphatic carbocycles. The van der Waals surface area contributed by atoms with Gasteiger partial charge in [0.2, 0.25) is 5.91 Å². The minimum atomic E-state index is -3.61. The van der Waals surface area contributed by atoms with Crippen LogP contribution in [0.5, 0.6) is 0 Å². The smallest absolute Gasteiger partial charge is 0.407 e. The average Bonchev–Trinajstić information content (AvgIpc) is 3.18. The highest BCUT2D eigenvalue weighted by atomic mass is 35.5. The molecular formula is C18H20ClN3O5S2. The summed E-state index contributed by atoms with van der Waals surface area (Å²) < 4.78 is 32.1. The van der Waals surface area contributed by atoms with E-state index in [0.717, 1.165) is 16.9 Å². The molecule has 0 unspecified atom stereocenters. The van der Waals surface area contributed by atoms with E-state index in [4.69, 9.17) is 16.3 Å². The van der Waals surface area contributed by atoms with E-state index < -0.39 is 16.1 Å². The predicted octanol–water partition coefficient (Wildman–Crippen LogP) is 2.16. The van der Waals surface area contributed by atoms with Gasteiger partial charge in [0.1, 0.15) is 17.4 Å². The number of thiophene rings is 1. The maximum absolute atomic E-state index is 12.6. The van der Waals surface area contributed by atoms with Gasteiger partial charge in [-0.25, -0.2) is 13.2 Å². The minimum absolute atomic E-state index is 0.115. The van der Waals surface area contributed by atoms with Gasteiger partial charge in [0.25, 0.3) is 10.0 Å². The first-order chi connectivity index (χ1) is 13.9. The first kappa shape index (κ1) is 21.6. The molecule has 2 aromatic rings. The van der Waals surface area contributed by atoms with Gasteiger partial charge in [-0.15, -0.1) is 11.3 Å². The second-order valence-corrected chi connectivity index (χ2v) is 10.1. The number of ether oxygens (including phenoxy) is 1. The fourth-order valence-corrected chi connectivity index (χ4v) is 5.83. The van der Waals surface area contributed by atoms with Crippen molar-refractivity contribution in [2.24, 2.45) is 0 Å². The lowest BCUT2D eigenvalue weighted by atomic mass is 10.2. The number of nitrogens with one attached hydrogen (secondary N) is 1. The van der Waals surface area contributed by atoms with Crippen LogP contribution >= 0.6 is 22.9 Å². The van der Waals surface area contributed by atoms with E-state index in [2.05, 4.69) is 5.32 Å². The van der Waals surface area contributed by atoms with Crippen LogP contribution in [0.3, 0.4) is 0 Å². The number of halogens is 1. The summed E-state index contributed by atoms with van der Waals surface area (Å²) in [5, 5.41) is 2.42. The Morgan fingerprint density at radius 1 is 1.07 bits per heavy atom. The normalized spacial score (nSPS) is 15.1. The number of amides is 2. The van der Waals surface area contributed by atoms with Crippen LogP contribution < -0.4 is 5.32 Å². The molecule has 1 aromatic heterocycles. The van der Waals surface area contributed by atoms with Crippen LogP contribution in [0.15, 0.2) is 46.7 Å². The second kappa shape index (κ2) is 9.57. The van der Waals surface area contributed by atoms with Crippen molar-refractivity contribution in [3.8, 4) is 0 Å². The maximum atomic E-state index is 12.6. The van der Waals surface area contributed by atoms with Crippen LogP contribution in [0.1, 0.15) is 5.56 Å².